The third-order valence-electron chi connectivity index (χ3n) is 5.51. The molecule has 0 unspecified atom stereocenters. The molecule has 1 amide bonds. The van der Waals surface area contributed by atoms with E-state index in [1.54, 1.807) is 0 Å². The second-order valence-electron chi connectivity index (χ2n) is 7.52. The number of rotatable bonds is 5. The highest BCUT2D eigenvalue weighted by Crippen LogP contribution is 2.46. The van der Waals surface area contributed by atoms with Gasteiger partial charge in [-0.3, -0.25) is 4.79 Å². The van der Waals surface area contributed by atoms with Crippen LogP contribution in [0.2, 0.25) is 0 Å². The number of benzene rings is 1. The Morgan fingerprint density at radius 3 is 2.75 bits per heavy atom. The summed E-state index contributed by atoms with van der Waals surface area (Å²) in [6, 6.07) is 7.85. The fourth-order valence-electron chi connectivity index (χ4n) is 3.79. The van der Waals surface area contributed by atoms with Gasteiger partial charge in [-0.1, -0.05) is 24.6 Å². The number of nitrogens with zero attached hydrogens (tertiary/aromatic N) is 1. The molecule has 4 rings (SSSR count). The third-order valence-corrected chi connectivity index (χ3v) is 5.51. The minimum absolute atomic E-state index is 0.0226. The highest BCUT2D eigenvalue weighted by molar-refractivity contribution is 5.99. The van der Waals surface area contributed by atoms with Gasteiger partial charge in [0.15, 0.2) is 0 Å². The van der Waals surface area contributed by atoms with E-state index < -0.39 is 0 Å². The molecule has 1 aromatic rings. The SMILES string of the molecule is O=C(NCC1(CN2CCCCC2)CC1)C1=Cc2ccccc2OC1. The van der Waals surface area contributed by atoms with E-state index in [9.17, 15) is 4.79 Å². The number of piperidine rings is 1. The second kappa shape index (κ2) is 6.60. The molecule has 24 heavy (non-hydrogen) atoms. The number of amides is 1. The second-order valence-corrected chi connectivity index (χ2v) is 7.52. The van der Waals surface area contributed by atoms with E-state index in [1.165, 1.54) is 45.2 Å². The van der Waals surface area contributed by atoms with Gasteiger partial charge in [-0.15, -0.1) is 0 Å². The Morgan fingerprint density at radius 1 is 1.17 bits per heavy atom. The van der Waals surface area contributed by atoms with Crippen molar-refractivity contribution in [1.29, 1.82) is 0 Å². The Balaban J connectivity index is 1.33. The molecule has 3 aliphatic rings. The molecule has 0 aromatic heterocycles. The number of carbonyl (C=O) groups is 1. The molecule has 1 aliphatic carbocycles. The molecule has 128 valence electrons. The first-order valence-corrected chi connectivity index (χ1v) is 9.17. The van der Waals surface area contributed by atoms with Crippen LogP contribution in [0.25, 0.3) is 6.08 Å². The Labute approximate surface area is 143 Å². The van der Waals surface area contributed by atoms with Crippen LogP contribution in [0.5, 0.6) is 5.75 Å². The van der Waals surface area contributed by atoms with E-state index in [1.807, 2.05) is 30.3 Å². The molecular weight excluding hydrogens is 300 g/mol. The van der Waals surface area contributed by atoms with Gasteiger partial charge in [0.05, 0.1) is 5.57 Å². The zero-order chi connectivity index (χ0) is 16.4. The first-order valence-electron chi connectivity index (χ1n) is 9.17. The maximum absolute atomic E-state index is 12.5. The molecule has 4 heteroatoms. The largest absolute Gasteiger partial charge is 0.488 e. The lowest BCUT2D eigenvalue weighted by atomic mass is 10.0. The van der Waals surface area contributed by atoms with Crippen molar-refractivity contribution in [2.24, 2.45) is 5.41 Å². The lowest BCUT2D eigenvalue weighted by Crippen LogP contribution is -2.41. The number of fused-ring (bicyclic) bond motifs is 1. The molecule has 2 heterocycles. The summed E-state index contributed by atoms with van der Waals surface area (Å²) in [5.41, 5.74) is 2.03. The van der Waals surface area contributed by atoms with Gasteiger partial charge in [-0.05, 0) is 50.9 Å². The van der Waals surface area contributed by atoms with Crippen LogP contribution in [0.3, 0.4) is 0 Å². The van der Waals surface area contributed by atoms with Crippen molar-refractivity contribution in [3.05, 3.63) is 35.4 Å². The minimum atomic E-state index is 0.0226. The van der Waals surface area contributed by atoms with E-state index in [4.69, 9.17) is 4.74 Å². The van der Waals surface area contributed by atoms with Gasteiger partial charge in [0.2, 0.25) is 0 Å². The summed E-state index contributed by atoms with van der Waals surface area (Å²) in [5.74, 6) is 0.882. The van der Waals surface area contributed by atoms with E-state index in [2.05, 4.69) is 10.2 Å². The average molecular weight is 326 g/mol. The Morgan fingerprint density at radius 2 is 1.96 bits per heavy atom. The third kappa shape index (κ3) is 3.48. The summed E-state index contributed by atoms with van der Waals surface area (Å²) < 4.78 is 5.69. The summed E-state index contributed by atoms with van der Waals surface area (Å²) in [6.45, 7) is 4.76. The molecule has 1 N–H and O–H groups in total. The number of hydrogen-bond donors (Lipinski definition) is 1. The van der Waals surface area contributed by atoms with Gasteiger partial charge < -0.3 is 15.0 Å². The number of para-hydroxylation sites is 1. The summed E-state index contributed by atoms with van der Waals surface area (Å²) in [7, 11) is 0. The average Bonchev–Trinajstić information content (AvgIpc) is 3.40. The number of carbonyl (C=O) groups excluding carboxylic acids is 1. The molecule has 1 saturated heterocycles. The molecular formula is C20H26N2O2. The Kier molecular flexibility index (Phi) is 4.31. The first-order chi connectivity index (χ1) is 11.7. The quantitative estimate of drug-likeness (QED) is 0.905. The summed E-state index contributed by atoms with van der Waals surface area (Å²) in [6.07, 6.45) is 8.46. The van der Waals surface area contributed by atoms with Crippen LogP contribution < -0.4 is 10.1 Å². The molecule has 1 aromatic carbocycles. The van der Waals surface area contributed by atoms with Crippen LogP contribution >= 0.6 is 0 Å². The smallest absolute Gasteiger partial charge is 0.250 e. The van der Waals surface area contributed by atoms with Gasteiger partial charge in [0.25, 0.3) is 5.91 Å². The van der Waals surface area contributed by atoms with Crippen molar-refractivity contribution in [3.8, 4) is 5.75 Å². The van der Waals surface area contributed by atoms with Crippen molar-refractivity contribution in [2.45, 2.75) is 32.1 Å². The maximum Gasteiger partial charge on any atom is 0.250 e. The van der Waals surface area contributed by atoms with E-state index in [-0.39, 0.29) is 5.91 Å². The van der Waals surface area contributed by atoms with E-state index in [0.717, 1.165) is 30.0 Å². The van der Waals surface area contributed by atoms with Crippen LogP contribution in [0.1, 0.15) is 37.7 Å². The van der Waals surface area contributed by atoms with Crippen molar-refractivity contribution in [3.63, 3.8) is 0 Å². The number of ether oxygens (including phenoxy) is 1. The minimum Gasteiger partial charge on any atom is -0.488 e. The molecule has 1 saturated carbocycles. The number of nitrogens with one attached hydrogen (secondary N) is 1. The predicted octanol–water partition coefficient (Wildman–Crippen LogP) is 2.84. The van der Waals surface area contributed by atoms with Gasteiger partial charge in [-0.2, -0.15) is 0 Å². The van der Waals surface area contributed by atoms with E-state index in [0.29, 0.717) is 12.0 Å². The number of hydrogen-bond acceptors (Lipinski definition) is 3. The van der Waals surface area contributed by atoms with Gasteiger partial charge in [0.1, 0.15) is 12.4 Å². The highest BCUT2D eigenvalue weighted by Gasteiger charge is 2.44. The number of likely N-dealkylation sites (tertiary alicyclic amines) is 1. The van der Waals surface area contributed by atoms with Crippen LogP contribution in [0.15, 0.2) is 29.8 Å². The Bertz CT molecular complexity index is 643. The van der Waals surface area contributed by atoms with Crippen LogP contribution in [-0.2, 0) is 4.79 Å². The molecule has 0 spiro atoms. The van der Waals surface area contributed by atoms with Crippen LogP contribution in [0, 0.1) is 5.41 Å². The Hall–Kier alpha value is -1.81. The molecule has 2 aliphatic heterocycles. The van der Waals surface area contributed by atoms with Gasteiger partial charge in [-0.25, -0.2) is 0 Å². The van der Waals surface area contributed by atoms with Crippen molar-refractivity contribution in [1.82, 2.24) is 10.2 Å². The van der Waals surface area contributed by atoms with E-state index >= 15 is 0 Å². The van der Waals surface area contributed by atoms with Crippen molar-refractivity contribution in [2.75, 3.05) is 32.8 Å². The predicted molar refractivity (Wildman–Crippen MR) is 94.9 cm³/mol. The summed E-state index contributed by atoms with van der Waals surface area (Å²) >= 11 is 0. The monoisotopic (exact) mass is 326 g/mol. The molecule has 0 bridgehead atoms. The van der Waals surface area contributed by atoms with Crippen LogP contribution in [0.4, 0.5) is 0 Å². The topological polar surface area (TPSA) is 41.6 Å². The fraction of sp³-hybridized carbons (Fsp3) is 0.550. The summed E-state index contributed by atoms with van der Waals surface area (Å²) in [5, 5.41) is 3.16. The van der Waals surface area contributed by atoms with Crippen molar-refractivity contribution < 1.29 is 9.53 Å². The van der Waals surface area contributed by atoms with Gasteiger partial charge >= 0.3 is 0 Å². The molecule has 0 radical (unpaired) electrons. The normalized spacial score (nSPS) is 22.1. The highest BCUT2D eigenvalue weighted by atomic mass is 16.5. The lowest BCUT2D eigenvalue weighted by Gasteiger charge is -2.30. The van der Waals surface area contributed by atoms with Crippen molar-refractivity contribution >= 4 is 12.0 Å². The lowest BCUT2D eigenvalue weighted by molar-refractivity contribution is -0.118. The first kappa shape index (κ1) is 15.7. The molecule has 0 atom stereocenters. The standard InChI is InChI=1S/C20H26N2O2/c23-19(17-12-16-6-2-3-7-18(16)24-13-17)21-14-20(8-9-20)15-22-10-4-1-5-11-22/h2-3,6-7,12H,1,4-5,8-11,13-15H2,(H,21,23). The maximum atomic E-state index is 12.5. The molecule has 4 nitrogen and oxygen atoms in total. The van der Waals surface area contributed by atoms with Crippen LogP contribution in [-0.4, -0.2) is 43.6 Å². The van der Waals surface area contributed by atoms with Gasteiger partial charge in [0, 0.05) is 24.1 Å². The molecule has 2 fully saturated rings. The zero-order valence-electron chi connectivity index (χ0n) is 14.2. The summed E-state index contributed by atoms with van der Waals surface area (Å²) in [4.78, 5) is 15.1. The zero-order valence-corrected chi connectivity index (χ0v) is 14.2. The fourth-order valence-corrected chi connectivity index (χ4v) is 3.79.